The standard InChI is InChI=1S/C35H47FN2O/c1-4-7-10-13-29-16-22-32(23-17-29)35(39)38(27-26-37(24-8-5-2)25-9-6-3)28-30-18-20-31(21-19-30)33-14-11-12-15-34(33)36/h11-12,14-23H,4-10,13,24-28H2,1-3H3. The van der Waals surface area contributed by atoms with Gasteiger partial charge in [0, 0.05) is 30.8 Å². The van der Waals surface area contributed by atoms with Crippen LogP contribution in [0, 0.1) is 5.82 Å². The molecule has 0 saturated carbocycles. The van der Waals surface area contributed by atoms with Crippen LogP contribution in [0.15, 0.2) is 72.8 Å². The summed E-state index contributed by atoms with van der Waals surface area (Å²) in [5, 5.41) is 0. The topological polar surface area (TPSA) is 23.6 Å². The van der Waals surface area contributed by atoms with Crippen LogP contribution >= 0.6 is 0 Å². The normalized spacial score (nSPS) is 11.2. The van der Waals surface area contributed by atoms with Crippen LogP contribution < -0.4 is 0 Å². The molecule has 1 amide bonds. The van der Waals surface area contributed by atoms with Crippen molar-refractivity contribution in [3.05, 3.63) is 95.3 Å². The van der Waals surface area contributed by atoms with Crippen LogP contribution in [0.2, 0.25) is 0 Å². The molecule has 0 aromatic heterocycles. The maximum absolute atomic E-state index is 14.3. The zero-order chi connectivity index (χ0) is 27.9. The van der Waals surface area contributed by atoms with Gasteiger partial charge in [0.05, 0.1) is 0 Å². The molecule has 0 heterocycles. The molecule has 3 nitrogen and oxygen atoms in total. The third-order valence-corrected chi connectivity index (χ3v) is 7.41. The van der Waals surface area contributed by atoms with E-state index in [9.17, 15) is 9.18 Å². The van der Waals surface area contributed by atoms with Crippen molar-refractivity contribution in [2.75, 3.05) is 26.2 Å². The molecular weight excluding hydrogens is 483 g/mol. The van der Waals surface area contributed by atoms with E-state index in [2.05, 4.69) is 37.8 Å². The van der Waals surface area contributed by atoms with Crippen molar-refractivity contribution in [1.29, 1.82) is 0 Å². The largest absolute Gasteiger partial charge is 0.333 e. The molecule has 210 valence electrons. The molecule has 0 N–H and O–H groups in total. The fourth-order valence-corrected chi connectivity index (χ4v) is 4.89. The van der Waals surface area contributed by atoms with Crippen LogP contribution in [0.5, 0.6) is 0 Å². The van der Waals surface area contributed by atoms with Crippen LogP contribution in [0.1, 0.15) is 87.2 Å². The minimum atomic E-state index is -0.223. The molecule has 0 atom stereocenters. The second kappa shape index (κ2) is 16.9. The number of rotatable bonds is 17. The van der Waals surface area contributed by atoms with Crippen LogP contribution in [-0.4, -0.2) is 41.9 Å². The Labute approximate surface area is 236 Å². The molecular formula is C35H47FN2O. The molecule has 0 aliphatic rings. The molecule has 4 heteroatoms. The molecule has 0 radical (unpaired) electrons. The van der Waals surface area contributed by atoms with Crippen molar-refractivity contribution < 1.29 is 9.18 Å². The van der Waals surface area contributed by atoms with Gasteiger partial charge in [0.15, 0.2) is 0 Å². The number of carbonyl (C=O) groups excluding carboxylic acids is 1. The molecule has 3 rings (SSSR count). The van der Waals surface area contributed by atoms with Crippen molar-refractivity contribution in [2.45, 2.75) is 78.7 Å². The van der Waals surface area contributed by atoms with Crippen LogP contribution in [0.4, 0.5) is 4.39 Å². The second-order valence-corrected chi connectivity index (χ2v) is 10.6. The first kappa shape index (κ1) is 30.6. The first-order chi connectivity index (χ1) is 19.0. The summed E-state index contributed by atoms with van der Waals surface area (Å²) in [7, 11) is 0. The minimum absolute atomic E-state index is 0.0687. The van der Waals surface area contributed by atoms with Gasteiger partial charge in [-0.1, -0.05) is 101 Å². The summed E-state index contributed by atoms with van der Waals surface area (Å²) in [6.45, 7) is 10.9. The van der Waals surface area contributed by atoms with Gasteiger partial charge in [0.25, 0.3) is 5.91 Å². The molecule has 0 aliphatic carbocycles. The van der Waals surface area contributed by atoms with Gasteiger partial charge in [-0.25, -0.2) is 4.39 Å². The van der Waals surface area contributed by atoms with Crippen LogP contribution in [-0.2, 0) is 13.0 Å². The lowest BCUT2D eigenvalue weighted by Gasteiger charge is -2.28. The number of carbonyl (C=O) groups is 1. The maximum Gasteiger partial charge on any atom is 0.254 e. The third-order valence-electron chi connectivity index (χ3n) is 7.41. The number of nitrogens with zero attached hydrogens (tertiary/aromatic N) is 2. The molecule has 39 heavy (non-hydrogen) atoms. The number of benzene rings is 3. The lowest BCUT2D eigenvalue weighted by Crippen LogP contribution is -2.39. The first-order valence-corrected chi connectivity index (χ1v) is 15.0. The predicted molar refractivity (Wildman–Crippen MR) is 163 cm³/mol. The highest BCUT2D eigenvalue weighted by atomic mass is 19.1. The van der Waals surface area contributed by atoms with E-state index in [1.807, 2.05) is 47.4 Å². The maximum atomic E-state index is 14.3. The Morgan fingerprint density at radius 1 is 0.667 bits per heavy atom. The van der Waals surface area contributed by atoms with E-state index < -0.39 is 0 Å². The van der Waals surface area contributed by atoms with Gasteiger partial charge >= 0.3 is 0 Å². The van der Waals surface area contributed by atoms with Crippen LogP contribution in [0.3, 0.4) is 0 Å². The molecule has 0 unspecified atom stereocenters. The predicted octanol–water partition coefficient (Wildman–Crippen LogP) is 8.77. The Morgan fingerprint density at radius 2 is 1.28 bits per heavy atom. The Balaban J connectivity index is 1.76. The van der Waals surface area contributed by atoms with Crippen molar-refractivity contribution in [1.82, 2.24) is 9.80 Å². The van der Waals surface area contributed by atoms with E-state index in [4.69, 9.17) is 0 Å². The zero-order valence-electron chi connectivity index (χ0n) is 24.3. The SMILES string of the molecule is CCCCCc1ccc(C(=O)N(CCN(CCCC)CCCC)Cc2ccc(-c3ccccc3F)cc2)cc1. The molecule has 3 aromatic rings. The fraction of sp³-hybridized carbons (Fsp3) is 0.457. The quantitative estimate of drug-likeness (QED) is 0.163. The van der Waals surface area contributed by atoms with E-state index in [1.54, 1.807) is 12.1 Å². The Bertz CT molecular complexity index is 1100. The number of amides is 1. The summed E-state index contributed by atoms with van der Waals surface area (Å²) < 4.78 is 14.3. The molecule has 0 aliphatic heterocycles. The zero-order valence-corrected chi connectivity index (χ0v) is 24.3. The Hall–Kier alpha value is -2.98. The van der Waals surface area contributed by atoms with Crippen molar-refractivity contribution >= 4 is 5.91 Å². The highest BCUT2D eigenvalue weighted by Crippen LogP contribution is 2.23. The van der Waals surface area contributed by atoms with Gasteiger partial charge in [0.2, 0.25) is 0 Å². The molecule has 0 spiro atoms. The summed E-state index contributed by atoms with van der Waals surface area (Å²) >= 11 is 0. The molecule has 0 saturated heterocycles. The number of hydrogen-bond acceptors (Lipinski definition) is 2. The summed E-state index contributed by atoms with van der Waals surface area (Å²) in [5.41, 5.74) is 4.52. The van der Waals surface area contributed by atoms with Crippen molar-refractivity contribution in [2.24, 2.45) is 0 Å². The number of unbranched alkanes of at least 4 members (excludes halogenated alkanes) is 4. The summed E-state index contributed by atoms with van der Waals surface area (Å²) in [6, 6.07) is 23.0. The van der Waals surface area contributed by atoms with Gasteiger partial charge in [0.1, 0.15) is 5.82 Å². The lowest BCUT2D eigenvalue weighted by molar-refractivity contribution is 0.0720. The molecule has 0 fully saturated rings. The Kier molecular flexibility index (Phi) is 13.2. The number of hydrogen-bond donors (Lipinski definition) is 0. The van der Waals surface area contributed by atoms with Gasteiger partial charge in [-0.3, -0.25) is 4.79 Å². The smallest absolute Gasteiger partial charge is 0.254 e. The van der Waals surface area contributed by atoms with E-state index in [1.165, 1.54) is 56.6 Å². The summed E-state index contributed by atoms with van der Waals surface area (Å²) in [5.74, 6) is -0.154. The number of halogens is 1. The monoisotopic (exact) mass is 530 g/mol. The van der Waals surface area contributed by atoms with E-state index in [0.717, 1.165) is 42.7 Å². The van der Waals surface area contributed by atoms with Gasteiger partial charge in [-0.15, -0.1) is 0 Å². The highest BCUT2D eigenvalue weighted by molar-refractivity contribution is 5.94. The highest BCUT2D eigenvalue weighted by Gasteiger charge is 2.18. The van der Waals surface area contributed by atoms with Crippen LogP contribution in [0.25, 0.3) is 11.1 Å². The van der Waals surface area contributed by atoms with E-state index >= 15 is 0 Å². The van der Waals surface area contributed by atoms with E-state index in [-0.39, 0.29) is 11.7 Å². The van der Waals surface area contributed by atoms with Gasteiger partial charge in [-0.2, -0.15) is 0 Å². The van der Waals surface area contributed by atoms with Crippen molar-refractivity contribution in [3.63, 3.8) is 0 Å². The first-order valence-electron chi connectivity index (χ1n) is 15.0. The molecule has 0 bridgehead atoms. The van der Waals surface area contributed by atoms with Gasteiger partial charge in [-0.05, 0) is 73.7 Å². The van der Waals surface area contributed by atoms with Crippen molar-refractivity contribution in [3.8, 4) is 11.1 Å². The minimum Gasteiger partial charge on any atom is -0.333 e. The average molecular weight is 531 g/mol. The second-order valence-electron chi connectivity index (χ2n) is 10.6. The molecule has 3 aromatic carbocycles. The average Bonchev–Trinajstić information content (AvgIpc) is 2.97. The summed E-state index contributed by atoms with van der Waals surface area (Å²) in [4.78, 5) is 18.2. The summed E-state index contributed by atoms with van der Waals surface area (Å²) in [6.07, 6.45) is 9.38. The lowest BCUT2D eigenvalue weighted by atomic mass is 10.0. The fourth-order valence-electron chi connectivity index (χ4n) is 4.89. The van der Waals surface area contributed by atoms with E-state index in [0.29, 0.717) is 18.7 Å². The third kappa shape index (κ3) is 9.93. The number of aryl methyl sites for hydroxylation is 1. The Morgan fingerprint density at radius 3 is 1.90 bits per heavy atom. The van der Waals surface area contributed by atoms with Gasteiger partial charge < -0.3 is 9.80 Å².